The third-order valence-corrected chi connectivity index (χ3v) is 6.91. The van der Waals surface area contributed by atoms with E-state index in [4.69, 9.17) is 23.2 Å². The summed E-state index contributed by atoms with van der Waals surface area (Å²) in [5.41, 5.74) is 4.01. The number of amides is 1. The van der Waals surface area contributed by atoms with Crippen LogP contribution in [0, 0.1) is 0 Å². The van der Waals surface area contributed by atoms with Gasteiger partial charge < -0.3 is 4.90 Å². The van der Waals surface area contributed by atoms with Crippen LogP contribution in [0.25, 0.3) is 27.8 Å². The molecule has 0 unspecified atom stereocenters. The van der Waals surface area contributed by atoms with Gasteiger partial charge >= 0.3 is 5.69 Å². The van der Waals surface area contributed by atoms with Gasteiger partial charge in [-0.15, -0.1) is 0 Å². The van der Waals surface area contributed by atoms with Crippen molar-refractivity contribution in [1.29, 1.82) is 0 Å². The molecule has 5 rings (SSSR count). The van der Waals surface area contributed by atoms with E-state index in [1.807, 2.05) is 41.0 Å². The Hall–Kier alpha value is -3.35. The SMILES string of the molecule is C=CC(=O)N1CCC(n2c(=O)n(-c3ccc(-c4ccc(Cl)cc4Cl)cc3)c3cnccc32)CC1. The Morgan fingerprint density at radius 2 is 1.76 bits per heavy atom. The smallest absolute Gasteiger partial charge is 0.334 e. The summed E-state index contributed by atoms with van der Waals surface area (Å²) in [4.78, 5) is 31.7. The first-order chi connectivity index (χ1) is 16.5. The molecule has 0 saturated carbocycles. The summed E-state index contributed by atoms with van der Waals surface area (Å²) in [6.07, 6.45) is 6.16. The normalized spacial score (nSPS) is 14.5. The first-order valence-electron chi connectivity index (χ1n) is 11.0. The largest absolute Gasteiger partial charge is 0.339 e. The zero-order valence-electron chi connectivity index (χ0n) is 18.3. The van der Waals surface area contributed by atoms with Crippen LogP contribution >= 0.6 is 23.2 Å². The second-order valence-corrected chi connectivity index (χ2v) is 9.13. The Morgan fingerprint density at radius 3 is 2.44 bits per heavy atom. The zero-order chi connectivity index (χ0) is 23.8. The quantitative estimate of drug-likeness (QED) is 0.353. The lowest BCUT2D eigenvalue weighted by Crippen LogP contribution is -2.40. The molecule has 2 aromatic heterocycles. The van der Waals surface area contributed by atoms with Gasteiger partial charge in [-0.25, -0.2) is 4.79 Å². The van der Waals surface area contributed by atoms with Crippen LogP contribution in [0.4, 0.5) is 0 Å². The lowest BCUT2D eigenvalue weighted by molar-refractivity contribution is -0.127. The monoisotopic (exact) mass is 492 g/mol. The van der Waals surface area contributed by atoms with Crippen LogP contribution < -0.4 is 5.69 Å². The summed E-state index contributed by atoms with van der Waals surface area (Å²) in [5.74, 6) is -0.0710. The van der Waals surface area contributed by atoms with Crippen LogP contribution in [0.5, 0.6) is 0 Å². The zero-order valence-corrected chi connectivity index (χ0v) is 19.8. The van der Waals surface area contributed by atoms with Gasteiger partial charge in [-0.2, -0.15) is 0 Å². The van der Waals surface area contributed by atoms with Gasteiger partial charge in [-0.05, 0) is 54.8 Å². The average molecular weight is 493 g/mol. The van der Waals surface area contributed by atoms with E-state index in [0.29, 0.717) is 36.0 Å². The molecule has 0 radical (unpaired) electrons. The van der Waals surface area contributed by atoms with E-state index in [1.165, 1.54) is 6.08 Å². The number of nitrogens with zero attached hydrogens (tertiary/aromatic N) is 4. The van der Waals surface area contributed by atoms with Crippen LogP contribution in [-0.2, 0) is 4.79 Å². The van der Waals surface area contributed by atoms with E-state index in [0.717, 1.165) is 27.8 Å². The van der Waals surface area contributed by atoms with Crippen molar-refractivity contribution in [3.05, 3.63) is 94.1 Å². The second kappa shape index (κ2) is 9.12. The van der Waals surface area contributed by atoms with E-state index in [-0.39, 0.29) is 17.6 Å². The number of benzene rings is 2. The molecule has 172 valence electrons. The van der Waals surface area contributed by atoms with Crippen molar-refractivity contribution >= 4 is 40.1 Å². The van der Waals surface area contributed by atoms with Gasteiger partial charge in [0.2, 0.25) is 5.91 Å². The molecular formula is C26H22Cl2N4O2. The van der Waals surface area contributed by atoms with Gasteiger partial charge in [0.15, 0.2) is 0 Å². The van der Waals surface area contributed by atoms with E-state index in [1.54, 1.807) is 34.0 Å². The van der Waals surface area contributed by atoms with Gasteiger partial charge in [0.05, 0.1) is 22.9 Å². The highest BCUT2D eigenvalue weighted by atomic mass is 35.5. The van der Waals surface area contributed by atoms with Crippen LogP contribution in [0.15, 0.2) is 78.4 Å². The molecule has 1 fully saturated rings. The molecule has 3 heterocycles. The molecule has 1 amide bonds. The Labute approximate surface area is 206 Å². The maximum atomic E-state index is 13.7. The number of fused-ring (bicyclic) bond motifs is 1. The average Bonchev–Trinajstić information content (AvgIpc) is 3.15. The Bertz CT molecular complexity index is 1450. The number of carbonyl (C=O) groups is 1. The fourth-order valence-corrected chi connectivity index (χ4v) is 5.18. The predicted molar refractivity (Wildman–Crippen MR) is 136 cm³/mol. The van der Waals surface area contributed by atoms with Crippen molar-refractivity contribution in [3.8, 4) is 16.8 Å². The lowest BCUT2D eigenvalue weighted by atomic mass is 10.0. The summed E-state index contributed by atoms with van der Waals surface area (Å²) < 4.78 is 3.54. The molecule has 8 heteroatoms. The van der Waals surface area contributed by atoms with E-state index in [2.05, 4.69) is 11.6 Å². The molecule has 0 spiro atoms. The minimum absolute atomic E-state index is 0.000313. The summed E-state index contributed by atoms with van der Waals surface area (Å²) >= 11 is 12.4. The highest BCUT2D eigenvalue weighted by Gasteiger charge is 2.27. The molecule has 4 aromatic rings. The molecule has 0 bridgehead atoms. The highest BCUT2D eigenvalue weighted by molar-refractivity contribution is 6.36. The second-order valence-electron chi connectivity index (χ2n) is 8.28. The molecule has 0 aliphatic carbocycles. The van der Waals surface area contributed by atoms with E-state index in [9.17, 15) is 9.59 Å². The first kappa shape index (κ1) is 22.4. The Morgan fingerprint density at radius 1 is 1.03 bits per heavy atom. The molecule has 1 aliphatic rings. The van der Waals surface area contributed by atoms with E-state index >= 15 is 0 Å². The summed E-state index contributed by atoms with van der Waals surface area (Å²) in [7, 11) is 0. The Kier molecular flexibility index (Phi) is 6.02. The lowest BCUT2D eigenvalue weighted by Gasteiger charge is -2.31. The van der Waals surface area contributed by atoms with Crippen molar-refractivity contribution in [2.75, 3.05) is 13.1 Å². The van der Waals surface area contributed by atoms with Crippen molar-refractivity contribution in [2.45, 2.75) is 18.9 Å². The third kappa shape index (κ3) is 3.93. The molecule has 2 aromatic carbocycles. The molecular weight excluding hydrogens is 471 g/mol. The van der Waals surface area contributed by atoms with E-state index < -0.39 is 0 Å². The van der Waals surface area contributed by atoms with Crippen LogP contribution in [0.3, 0.4) is 0 Å². The highest BCUT2D eigenvalue weighted by Crippen LogP contribution is 2.32. The summed E-state index contributed by atoms with van der Waals surface area (Å²) in [6, 6.07) is 15.0. The van der Waals surface area contributed by atoms with Crippen LogP contribution in [0.2, 0.25) is 10.0 Å². The fourth-order valence-electron chi connectivity index (χ4n) is 4.66. The number of halogens is 2. The number of carbonyl (C=O) groups excluding carboxylic acids is 1. The van der Waals surface area contributed by atoms with Crippen molar-refractivity contribution < 1.29 is 4.79 Å². The first-order valence-corrected chi connectivity index (χ1v) is 11.8. The number of likely N-dealkylation sites (tertiary alicyclic amines) is 1. The topological polar surface area (TPSA) is 60.1 Å². The number of aromatic nitrogens is 3. The number of pyridine rings is 1. The number of imidazole rings is 1. The van der Waals surface area contributed by atoms with Gasteiger partial charge in [-0.3, -0.25) is 18.9 Å². The van der Waals surface area contributed by atoms with Crippen molar-refractivity contribution in [2.24, 2.45) is 0 Å². The van der Waals surface area contributed by atoms with Gasteiger partial charge in [-0.1, -0.05) is 48.0 Å². The third-order valence-electron chi connectivity index (χ3n) is 6.36. The summed E-state index contributed by atoms with van der Waals surface area (Å²) in [6.45, 7) is 4.76. The van der Waals surface area contributed by atoms with Gasteiger partial charge in [0.1, 0.15) is 0 Å². The number of hydrogen-bond donors (Lipinski definition) is 0. The van der Waals surface area contributed by atoms with Gasteiger partial charge in [0.25, 0.3) is 0 Å². The van der Waals surface area contributed by atoms with Crippen LogP contribution in [0.1, 0.15) is 18.9 Å². The van der Waals surface area contributed by atoms with Crippen molar-refractivity contribution in [3.63, 3.8) is 0 Å². The van der Waals surface area contributed by atoms with Crippen LogP contribution in [-0.4, -0.2) is 38.0 Å². The molecule has 6 nitrogen and oxygen atoms in total. The standard InChI is InChI=1S/C26H22Cl2N4O2/c1-2-25(33)30-13-10-20(11-14-30)31-23-9-12-29-16-24(23)32(26(31)34)19-6-3-17(4-7-19)21-8-5-18(27)15-22(21)28/h2-9,12,15-16,20H,1,10-11,13-14H2. The number of piperidine rings is 1. The molecule has 1 saturated heterocycles. The summed E-state index contributed by atoms with van der Waals surface area (Å²) in [5, 5.41) is 1.15. The minimum atomic E-state index is -0.117. The number of rotatable bonds is 4. The Balaban J connectivity index is 1.53. The van der Waals surface area contributed by atoms with Crippen molar-refractivity contribution in [1.82, 2.24) is 19.0 Å². The molecule has 0 N–H and O–H groups in total. The maximum Gasteiger partial charge on any atom is 0.334 e. The fraction of sp³-hybridized carbons (Fsp3) is 0.192. The molecule has 0 atom stereocenters. The maximum absolute atomic E-state index is 13.7. The predicted octanol–water partition coefficient (Wildman–Crippen LogP) is 5.51. The van der Waals surface area contributed by atoms with Gasteiger partial charge in [0, 0.05) is 40.9 Å². The number of hydrogen-bond acceptors (Lipinski definition) is 3. The molecule has 1 aliphatic heterocycles. The molecule has 34 heavy (non-hydrogen) atoms. The minimum Gasteiger partial charge on any atom is -0.339 e.